The molecule has 0 fully saturated rings. The minimum atomic E-state index is -0.317. The molecule has 0 spiro atoms. The van der Waals surface area contributed by atoms with Crippen LogP contribution in [0.4, 0.5) is 0 Å². The maximum atomic E-state index is 11.2. The minimum absolute atomic E-state index is 0.261. The predicted molar refractivity (Wildman–Crippen MR) is 44.7 cm³/mol. The zero-order chi connectivity index (χ0) is 9.19. The van der Waals surface area contributed by atoms with Crippen molar-refractivity contribution in [1.82, 2.24) is 0 Å². The average molecular weight is 170 g/mol. The molecule has 0 saturated carbocycles. The zero-order valence-electron chi connectivity index (χ0n) is 7.72. The van der Waals surface area contributed by atoms with Gasteiger partial charge in [-0.05, 0) is 26.8 Å². The summed E-state index contributed by atoms with van der Waals surface area (Å²) in [6, 6.07) is 0. The van der Waals surface area contributed by atoms with Crippen molar-refractivity contribution in [3.63, 3.8) is 0 Å². The summed E-state index contributed by atoms with van der Waals surface area (Å²) >= 11 is 0. The Kier molecular flexibility index (Phi) is 2.52. The lowest BCUT2D eigenvalue weighted by Crippen LogP contribution is -2.15. The molecule has 0 bridgehead atoms. The van der Waals surface area contributed by atoms with Gasteiger partial charge in [0.2, 0.25) is 0 Å². The van der Waals surface area contributed by atoms with Gasteiger partial charge in [0.1, 0.15) is 0 Å². The van der Waals surface area contributed by atoms with Crippen LogP contribution < -0.4 is 0 Å². The molecule has 0 aromatic carbocycles. The van der Waals surface area contributed by atoms with Crippen LogP contribution in [0.2, 0.25) is 0 Å². The van der Waals surface area contributed by atoms with E-state index in [0.717, 1.165) is 0 Å². The van der Waals surface area contributed by atoms with Crippen LogP contribution in [0.25, 0.3) is 0 Å². The van der Waals surface area contributed by atoms with E-state index in [9.17, 15) is 4.79 Å². The van der Waals surface area contributed by atoms with E-state index in [1.54, 1.807) is 6.92 Å². The predicted octanol–water partition coefficient (Wildman–Crippen LogP) is 1.28. The molecule has 0 amide bonds. The average Bonchev–Trinajstić information content (AvgIpc) is 2.31. The molecule has 0 aliphatic carbocycles. The molecular weight excluding hydrogens is 156 g/mol. The molecule has 0 saturated heterocycles. The first kappa shape index (κ1) is 9.26. The fourth-order valence-corrected chi connectivity index (χ4v) is 1.11. The third-order valence-corrected chi connectivity index (χ3v) is 1.66. The molecular formula is C9H14O3. The van der Waals surface area contributed by atoms with Gasteiger partial charge in [0.05, 0.1) is 24.4 Å². The lowest BCUT2D eigenvalue weighted by molar-refractivity contribution is -0.138. The van der Waals surface area contributed by atoms with E-state index in [0.29, 0.717) is 18.8 Å². The number of hydrogen-bond acceptors (Lipinski definition) is 3. The SMILES string of the molecule is CCOC(=O)C1=CC(C)(C)OC1. The molecule has 3 heteroatoms. The molecule has 68 valence electrons. The quantitative estimate of drug-likeness (QED) is 0.586. The van der Waals surface area contributed by atoms with Crippen molar-refractivity contribution in [3.05, 3.63) is 11.6 Å². The highest BCUT2D eigenvalue weighted by molar-refractivity contribution is 5.89. The van der Waals surface area contributed by atoms with Gasteiger partial charge in [-0.1, -0.05) is 0 Å². The fourth-order valence-electron chi connectivity index (χ4n) is 1.11. The molecule has 0 N–H and O–H groups in total. The van der Waals surface area contributed by atoms with E-state index in [-0.39, 0.29) is 11.6 Å². The maximum Gasteiger partial charge on any atom is 0.336 e. The van der Waals surface area contributed by atoms with Gasteiger partial charge < -0.3 is 9.47 Å². The van der Waals surface area contributed by atoms with Crippen molar-refractivity contribution >= 4 is 5.97 Å². The first-order chi connectivity index (χ1) is 5.55. The molecule has 0 unspecified atom stereocenters. The second-order valence-corrected chi connectivity index (χ2v) is 3.28. The van der Waals surface area contributed by atoms with E-state index in [1.165, 1.54) is 0 Å². The van der Waals surface area contributed by atoms with Gasteiger partial charge in [-0.3, -0.25) is 0 Å². The molecule has 0 aromatic heterocycles. The van der Waals surface area contributed by atoms with Gasteiger partial charge in [-0.25, -0.2) is 4.79 Å². The Morgan fingerprint density at radius 3 is 2.83 bits per heavy atom. The highest BCUT2D eigenvalue weighted by Crippen LogP contribution is 2.22. The molecule has 1 aliphatic rings. The van der Waals surface area contributed by atoms with Gasteiger partial charge in [0.25, 0.3) is 0 Å². The van der Waals surface area contributed by atoms with Crippen molar-refractivity contribution in [1.29, 1.82) is 0 Å². The smallest absolute Gasteiger partial charge is 0.336 e. The van der Waals surface area contributed by atoms with E-state index in [4.69, 9.17) is 9.47 Å². The molecule has 12 heavy (non-hydrogen) atoms. The van der Waals surface area contributed by atoms with Gasteiger partial charge >= 0.3 is 5.97 Å². The monoisotopic (exact) mass is 170 g/mol. The Morgan fingerprint density at radius 1 is 1.75 bits per heavy atom. The van der Waals surface area contributed by atoms with Crippen LogP contribution in [0.3, 0.4) is 0 Å². The van der Waals surface area contributed by atoms with Crippen LogP contribution in [0.15, 0.2) is 11.6 Å². The van der Waals surface area contributed by atoms with E-state index in [1.807, 2.05) is 19.9 Å². The Hall–Kier alpha value is -0.830. The lowest BCUT2D eigenvalue weighted by atomic mass is 10.1. The summed E-state index contributed by atoms with van der Waals surface area (Å²) in [6.07, 6.45) is 1.81. The Bertz CT molecular complexity index is 216. The van der Waals surface area contributed by atoms with Crippen LogP contribution >= 0.6 is 0 Å². The normalized spacial score (nSPS) is 20.4. The lowest BCUT2D eigenvalue weighted by Gasteiger charge is -2.12. The third-order valence-electron chi connectivity index (χ3n) is 1.66. The van der Waals surface area contributed by atoms with Crippen LogP contribution in [-0.4, -0.2) is 24.8 Å². The number of hydrogen-bond donors (Lipinski definition) is 0. The summed E-state index contributed by atoms with van der Waals surface area (Å²) in [5, 5.41) is 0. The van der Waals surface area contributed by atoms with E-state index in [2.05, 4.69) is 0 Å². The topological polar surface area (TPSA) is 35.5 Å². The van der Waals surface area contributed by atoms with Crippen molar-refractivity contribution in [2.45, 2.75) is 26.4 Å². The first-order valence-electron chi connectivity index (χ1n) is 4.08. The Labute approximate surface area is 72.4 Å². The van der Waals surface area contributed by atoms with Crippen molar-refractivity contribution in [2.24, 2.45) is 0 Å². The van der Waals surface area contributed by atoms with Gasteiger partial charge in [-0.15, -0.1) is 0 Å². The molecule has 0 radical (unpaired) electrons. The van der Waals surface area contributed by atoms with Crippen molar-refractivity contribution in [3.8, 4) is 0 Å². The molecule has 3 nitrogen and oxygen atoms in total. The highest BCUT2D eigenvalue weighted by Gasteiger charge is 2.27. The van der Waals surface area contributed by atoms with Crippen LogP contribution in [0.1, 0.15) is 20.8 Å². The summed E-state index contributed by atoms with van der Waals surface area (Å²) in [5.41, 5.74) is 0.309. The van der Waals surface area contributed by atoms with Gasteiger partial charge in [-0.2, -0.15) is 0 Å². The Morgan fingerprint density at radius 2 is 2.42 bits per heavy atom. The van der Waals surface area contributed by atoms with Crippen LogP contribution in [-0.2, 0) is 14.3 Å². The minimum Gasteiger partial charge on any atom is -0.463 e. The molecule has 1 heterocycles. The molecule has 1 aliphatic heterocycles. The number of carbonyl (C=O) groups is 1. The standard InChI is InChI=1S/C9H14O3/c1-4-11-8(10)7-5-9(2,3)12-6-7/h5H,4,6H2,1-3H3. The zero-order valence-corrected chi connectivity index (χ0v) is 7.72. The number of ether oxygens (including phenoxy) is 2. The molecule has 0 atom stereocenters. The van der Waals surface area contributed by atoms with Gasteiger partial charge in [0.15, 0.2) is 0 Å². The third kappa shape index (κ3) is 2.08. The fraction of sp³-hybridized carbons (Fsp3) is 0.667. The van der Waals surface area contributed by atoms with Crippen molar-refractivity contribution in [2.75, 3.05) is 13.2 Å². The summed E-state index contributed by atoms with van der Waals surface area (Å²) in [5.74, 6) is -0.261. The summed E-state index contributed by atoms with van der Waals surface area (Å²) < 4.78 is 10.2. The van der Waals surface area contributed by atoms with Crippen LogP contribution in [0, 0.1) is 0 Å². The Balaban J connectivity index is 2.60. The summed E-state index contributed by atoms with van der Waals surface area (Å²) in [6.45, 7) is 6.40. The number of rotatable bonds is 2. The van der Waals surface area contributed by atoms with E-state index < -0.39 is 0 Å². The second-order valence-electron chi connectivity index (χ2n) is 3.28. The van der Waals surface area contributed by atoms with Crippen molar-refractivity contribution < 1.29 is 14.3 Å². The second kappa shape index (κ2) is 3.27. The summed E-state index contributed by atoms with van der Waals surface area (Å²) in [4.78, 5) is 11.2. The first-order valence-corrected chi connectivity index (χ1v) is 4.08. The van der Waals surface area contributed by atoms with Gasteiger partial charge in [0, 0.05) is 0 Å². The summed E-state index contributed by atoms with van der Waals surface area (Å²) in [7, 11) is 0. The van der Waals surface area contributed by atoms with E-state index >= 15 is 0 Å². The maximum absolute atomic E-state index is 11.2. The van der Waals surface area contributed by atoms with Crippen LogP contribution in [0.5, 0.6) is 0 Å². The number of esters is 1. The molecule has 0 aromatic rings. The number of carbonyl (C=O) groups excluding carboxylic acids is 1. The highest BCUT2D eigenvalue weighted by atomic mass is 16.5. The largest absolute Gasteiger partial charge is 0.463 e. The molecule has 1 rings (SSSR count).